The number of hydrogen-bond donors (Lipinski definition) is 2. The molecule has 0 radical (unpaired) electrons. The SMILES string of the molecule is CC(C)(C(=O)NCC1NCCc2ccccc21)c1ccccc1Cl. The molecule has 2 aromatic carbocycles. The van der Waals surface area contributed by atoms with Crippen LogP contribution in [-0.4, -0.2) is 19.0 Å². The van der Waals surface area contributed by atoms with Crippen molar-refractivity contribution in [2.75, 3.05) is 13.1 Å². The molecule has 0 spiro atoms. The zero-order valence-corrected chi connectivity index (χ0v) is 14.9. The van der Waals surface area contributed by atoms with Crippen molar-refractivity contribution in [2.24, 2.45) is 0 Å². The highest BCUT2D eigenvalue weighted by molar-refractivity contribution is 6.31. The van der Waals surface area contributed by atoms with Crippen LogP contribution in [0.3, 0.4) is 0 Å². The van der Waals surface area contributed by atoms with Crippen LogP contribution in [-0.2, 0) is 16.6 Å². The summed E-state index contributed by atoms with van der Waals surface area (Å²) in [4.78, 5) is 12.8. The molecule has 2 aromatic rings. The fraction of sp³-hybridized carbons (Fsp3) is 0.350. The maximum absolute atomic E-state index is 12.8. The Morgan fingerprint density at radius 1 is 1.21 bits per heavy atom. The summed E-state index contributed by atoms with van der Waals surface area (Å²) in [7, 11) is 0. The van der Waals surface area contributed by atoms with Gasteiger partial charge in [0.25, 0.3) is 0 Å². The van der Waals surface area contributed by atoms with Gasteiger partial charge < -0.3 is 10.6 Å². The lowest BCUT2D eigenvalue weighted by molar-refractivity contribution is -0.125. The Bertz CT molecular complexity index is 742. The summed E-state index contributed by atoms with van der Waals surface area (Å²) in [6.45, 7) is 5.33. The van der Waals surface area contributed by atoms with Crippen molar-refractivity contribution in [3.8, 4) is 0 Å². The molecule has 126 valence electrons. The molecule has 1 aliphatic heterocycles. The van der Waals surface area contributed by atoms with Crippen molar-refractivity contribution in [2.45, 2.75) is 31.7 Å². The Morgan fingerprint density at radius 2 is 1.92 bits per heavy atom. The fourth-order valence-corrected chi connectivity index (χ4v) is 3.65. The molecule has 0 saturated heterocycles. The van der Waals surface area contributed by atoms with E-state index >= 15 is 0 Å². The number of carbonyl (C=O) groups is 1. The van der Waals surface area contributed by atoms with Crippen LogP contribution in [0.15, 0.2) is 48.5 Å². The first-order valence-corrected chi connectivity index (χ1v) is 8.72. The van der Waals surface area contributed by atoms with E-state index < -0.39 is 5.41 Å². The van der Waals surface area contributed by atoms with Gasteiger partial charge in [0, 0.05) is 17.6 Å². The van der Waals surface area contributed by atoms with Crippen molar-refractivity contribution in [3.05, 3.63) is 70.2 Å². The van der Waals surface area contributed by atoms with E-state index in [4.69, 9.17) is 11.6 Å². The van der Waals surface area contributed by atoms with Gasteiger partial charge in [-0.1, -0.05) is 54.1 Å². The molecule has 0 aliphatic carbocycles. The summed E-state index contributed by atoms with van der Waals surface area (Å²) in [5, 5.41) is 7.22. The molecular formula is C20H23ClN2O. The molecule has 4 heteroatoms. The van der Waals surface area contributed by atoms with E-state index in [1.807, 2.05) is 44.2 Å². The van der Waals surface area contributed by atoms with Crippen molar-refractivity contribution in [1.29, 1.82) is 0 Å². The molecule has 3 rings (SSSR count). The second kappa shape index (κ2) is 6.96. The Labute approximate surface area is 148 Å². The Morgan fingerprint density at radius 3 is 2.71 bits per heavy atom. The smallest absolute Gasteiger partial charge is 0.230 e. The van der Waals surface area contributed by atoms with Gasteiger partial charge in [-0.2, -0.15) is 0 Å². The molecule has 2 N–H and O–H groups in total. The number of carbonyl (C=O) groups excluding carboxylic acids is 1. The highest BCUT2D eigenvalue weighted by Gasteiger charge is 2.32. The van der Waals surface area contributed by atoms with Gasteiger partial charge >= 0.3 is 0 Å². The molecule has 1 atom stereocenters. The summed E-state index contributed by atoms with van der Waals surface area (Å²) >= 11 is 6.28. The lowest BCUT2D eigenvalue weighted by Gasteiger charge is -2.30. The molecule has 0 fully saturated rings. The zero-order chi connectivity index (χ0) is 17.2. The molecular weight excluding hydrogens is 320 g/mol. The quantitative estimate of drug-likeness (QED) is 0.891. The lowest BCUT2D eigenvalue weighted by Crippen LogP contribution is -2.45. The van der Waals surface area contributed by atoms with Gasteiger partial charge in [0.2, 0.25) is 5.91 Å². The van der Waals surface area contributed by atoms with E-state index in [2.05, 4.69) is 28.8 Å². The molecule has 0 saturated carbocycles. The average Bonchev–Trinajstić information content (AvgIpc) is 2.59. The monoisotopic (exact) mass is 342 g/mol. The number of amides is 1. The third-order valence-corrected chi connectivity index (χ3v) is 5.13. The summed E-state index contributed by atoms with van der Waals surface area (Å²) < 4.78 is 0. The number of rotatable bonds is 4. The molecule has 3 nitrogen and oxygen atoms in total. The van der Waals surface area contributed by atoms with Crippen LogP contribution < -0.4 is 10.6 Å². The normalized spacial score (nSPS) is 17.2. The van der Waals surface area contributed by atoms with Crippen molar-refractivity contribution in [3.63, 3.8) is 0 Å². The third kappa shape index (κ3) is 3.33. The van der Waals surface area contributed by atoms with Crippen LogP contribution in [0.1, 0.15) is 36.6 Å². The predicted octanol–water partition coefficient (Wildman–Crippen LogP) is 3.62. The summed E-state index contributed by atoms with van der Waals surface area (Å²) in [5.74, 6) is -0.0135. The van der Waals surface area contributed by atoms with Crippen LogP contribution >= 0.6 is 11.6 Å². The fourth-order valence-electron chi connectivity index (χ4n) is 3.28. The minimum Gasteiger partial charge on any atom is -0.353 e. The topological polar surface area (TPSA) is 41.1 Å². The number of halogens is 1. The zero-order valence-electron chi connectivity index (χ0n) is 14.1. The summed E-state index contributed by atoms with van der Waals surface area (Å²) in [6.07, 6.45) is 1.03. The van der Waals surface area contributed by atoms with Gasteiger partial charge in [0.05, 0.1) is 5.41 Å². The van der Waals surface area contributed by atoms with Crippen LogP contribution in [0.5, 0.6) is 0 Å². The second-order valence-corrected chi connectivity index (χ2v) is 7.18. The Kier molecular flexibility index (Phi) is 4.93. The maximum atomic E-state index is 12.8. The van der Waals surface area contributed by atoms with Gasteiger partial charge in [-0.15, -0.1) is 0 Å². The van der Waals surface area contributed by atoms with Gasteiger partial charge in [-0.3, -0.25) is 4.79 Å². The molecule has 24 heavy (non-hydrogen) atoms. The van der Waals surface area contributed by atoms with Crippen molar-refractivity contribution < 1.29 is 4.79 Å². The second-order valence-electron chi connectivity index (χ2n) is 6.77. The van der Waals surface area contributed by atoms with Crippen LogP contribution in [0, 0.1) is 0 Å². The maximum Gasteiger partial charge on any atom is 0.230 e. The van der Waals surface area contributed by atoms with Gasteiger partial charge in [0.1, 0.15) is 0 Å². The summed E-state index contributed by atoms with van der Waals surface area (Å²) in [6, 6.07) is 16.1. The van der Waals surface area contributed by atoms with Crippen LogP contribution in [0.2, 0.25) is 5.02 Å². The minimum atomic E-state index is -0.674. The number of fused-ring (bicyclic) bond motifs is 1. The Hall–Kier alpha value is -1.84. The van der Waals surface area contributed by atoms with Gasteiger partial charge in [-0.05, 0) is 49.6 Å². The van der Waals surface area contributed by atoms with E-state index in [1.165, 1.54) is 11.1 Å². The average molecular weight is 343 g/mol. The Balaban J connectivity index is 1.71. The van der Waals surface area contributed by atoms with Crippen molar-refractivity contribution in [1.82, 2.24) is 10.6 Å². The highest BCUT2D eigenvalue weighted by atomic mass is 35.5. The first-order chi connectivity index (χ1) is 11.5. The number of hydrogen-bond acceptors (Lipinski definition) is 2. The van der Waals surface area contributed by atoms with E-state index in [1.54, 1.807) is 0 Å². The molecule has 1 amide bonds. The summed E-state index contributed by atoms with van der Waals surface area (Å²) in [5.41, 5.74) is 2.81. The largest absolute Gasteiger partial charge is 0.353 e. The molecule has 1 heterocycles. The highest BCUT2D eigenvalue weighted by Crippen LogP contribution is 2.30. The third-order valence-electron chi connectivity index (χ3n) is 4.80. The van der Waals surface area contributed by atoms with Crippen molar-refractivity contribution >= 4 is 17.5 Å². The van der Waals surface area contributed by atoms with Crippen LogP contribution in [0.4, 0.5) is 0 Å². The van der Waals surface area contributed by atoms with E-state index in [9.17, 15) is 4.79 Å². The standard InChI is InChI=1S/C20H23ClN2O/c1-20(2,16-9-5-6-10-17(16)21)19(24)23-13-18-15-8-4-3-7-14(15)11-12-22-18/h3-10,18,22H,11-13H2,1-2H3,(H,23,24). The number of nitrogens with one attached hydrogen (secondary N) is 2. The number of benzene rings is 2. The molecule has 1 aliphatic rings. The van der Waals surface area contributed by atoms with Crippen LogP contribution in [0.25, 0.3) is 0 Å². The van der Waals surface area contributed by atoms with E-state index in [0.717, 1.165) is 18.5 Å². The van der Waals surface area contributed by atoms with E-state index in [-0.39, 0.29) is 11.9 Å². The minimum absolute atomic E-state index is 0.0135. The molecule has 0 bridgehead atoms. The van der Waals surface area contributed by atoms with Gasteiger partial charge in [-0.25, -0.2) is 0 Å². The first kappa shape index (κ1) is 17.0. The molecule has 1 unspecified atom stereocenters. The molecule has 0 aromatic heterocycles. The van der Waals surface area contributed by atoms with Gasteiger partial charge in [0.15, 0.2) is 0 Å². The van der Waals surface area contributed by atoms with E-state index in [0.29, 0.717) is 11.6 Å². The predicted molar refractivity (Wildman–Crippen MR) is 98.4 cm³/mol. The first-order valence-electron chi connectivity index (χ1n) is 8.34. The lowest BCUT2D eigenvalue weighted by atomic mass is 9.83.